The van der Waals surface area contributed by atoms with Crippen LogP contribution >= 0.6 is 0 Å². The average Bonchev–Trinajstić information content (AvgIpc) is 2.27. The first-order valence-electron chi connectivity index (χ1n) is 6.58. The molecule has 0 aliphatic heterocycles. The van der Waals surface area contributed by atoms with Crippen LogP contribution < -0.4 is 9.47 Å². The van der Waals surface area contributed by atoms with Crippen molar-refractivity contribution in [2.24, 2.45) is 0 Å². The van der Waals surface area contributed by atoms with Crippen LogP contribution in [0.5, 0.6) is 11.5 Å². The lowest BCUT2D eigenvalue weighted by Crippen LogP contribution is -2.10. The van der Waals surface area contributed by atoms with Crippen molar-refractivity contribution in [2.45, 2.75) is 46.8 Å². The first-order chi connectivity index (χ1) is 8.97. The molecule has 0 aliphatic carbocycles. The number of rotatable bonds is 8. The van der Waals surface area contributed by atoms with Crippen LogP contribution in [-0.2, 0) is 9.47 Å². The second-order valence-corrected chi connectivity index (χ2v) is 4.94. The first-order valence-corrected chi connectivity index (χ1v) is 6.58. The van der Waals surface area contributed by atoms with Gasteiger partial charge in [-0.2, -0.15) is 0 Å². The van der Waals surface area contributed by atoms with E-state index in [0.717, 1.165) is 17.1 Å². The maximum absolute atomic E-state index is 5.52. The van der Waals surface area contributed by atoms with Crippen LogP contribution in [0.1, 0.15) is 33.3 Å². The third-order valence-electron chi connectivity index (χ3n) is 2.28. The maximum atomic E-state index is 5.52. The molecule has 0 atom stereocenters. The third kappa shape index (κ3) is 7.03. The van der Waals surface area contributed by atoms with Crippen LogP contribution in [0.2, 0.25) is 0 Å². The van der Waals surface area contributed by atoms with Gasteiger partial charge >= 0.3 is 0 Å². The Kier molecular flexibility index (Phi) is 6.67. The molecule has 1 aromatic carbocycles. The van der Waals surface area contributed by atoms with E-state index in [1.54, 1.807) is 0 Å². The fraction of sp³-hybridized carbons (Fsp3) is 0.600. The van der Waals surface area contributed by atoms with Crippen molar-refractivity contribution in [3.8, 4) is 11.5 Å². The van der Waals surface area contributed by atoms with E-state index in [0.29, 0.717) is 0 Å². The lowest BCUT2D eigenvalue weighted by Gasteiger charge is -2.13. The van der Waals surface area contributed by atoms with Crippen molar-refractivity contribution in [3.63, 3.8) is 0 Å². The summed E-state index contributed by atoms with van der Waals surface area (Å²) in [6, 6.07) is 5.72. The monoisotopic (exact) mass is 268 g/mol. The van der Waals surface area contributed by atoms with E-state index in [4.69, 9.17) is 18.9 Å². The summed E-state index contributed by atoms with van der Waals surface area (Å²) in [6.07, 6.45) is 0.306. The lowest BCUT2D eigenvalue weighted by molar-refractivity contribution is -0.0231. The molecule has 4 heteroatoms. The van der Waals surface area contributed by atoms with E-state index in [2.05, 4.69) is 0 Å². The van der Waals surface area contributed by atoms with Gasteiger partial charge in [0.05, 0.1) is 12.2 Å². The van der Waals surface area contributed by atoms with Crippen molar-refractivity contribution in [3.05, 3.63) is 23.8 Å². The Balaban J connectivity index is 2.51. The summed E-state index contributed by atoms with van der Waals surface area (Å²) in [5.74, 6) is 1.47. The predicted octanol–water partition coefficient (Wildman–Crippen LogP) is 3.52. The van der Waals surface area contributed by atoms with Gasteiger partial charge in [0, 0.05) is 6.07 Å². The molecule has 0 spiro atoms. The second kappa shape index (κ2) is 8.02. The summed E-state index contributed by atoms with van der Waals surface area (Å²) >= 11 is 0. The highest BCUT2D eigenvalue weighted by atomic mass is 16.7. The van der Waals surface area contributed by atoms with Crippen molar-refractivity contribution < 1.29 is 18.9 Å². The topological polar surface area (TPSA) is 36.9 Å². The van der Waals surface area contributed by atoms with E-state index in [1.807, 2.05) is 52.8 Å². The zero-order chi connectivity index (χ0) is 14.3. The van der Waals surface area contributed by atoms with Gasteiger partial charge in [0.1, 0.15) is 11.5 Å². The van der Waals surface area contributed by atoms with Gasteiger partial charge in [-0.15, -0.1) is 0 Å². The summed E-state index contributed by atoms with van der Waals surface area (Å²) < 4.78 is 21.7. The highest BCUT2D eigenvalue weighted by Crippen LogP contribution is 2.22. The van der Waals surface area contributed by atoms with E-state index in [1.165, 1.54) is 0 Å². The molecule has 0 saturated carbocycles. The molecule has 0 aromatic heterocycles. The van der Waals surface area contributed by atoms with E-state index < -0.39 is 0 Å². The van der Waals surface area contributed by atoms with Gasteiger partial charge in [0.25, 0.3) is 0 Å². The van der Waals surface area contributed by atoms with E-state index in [-0.39, 0.29) is 25.8 Å². The molecule has 0 radical (unpaired) electrons. The van der Waals surface area contributed by atoms with Crippen molar-refractivity contribution in [1.29, 1.82) is 0 Å². The minimum atomic E-state index is 0.153. The predicted molar refractivity (Wildman–Crippen MR) is 74.6 cm³/mol. The maximum Gasteiger partial charge on any atom is 0.189 e. The highest BCUT2D eigenvalue weighted by molar-refractivity contribution is 5.37. The molecule has 0 bridgehead atoms. The van der Waals surface area contributed by atoms with Crippen molar-refractivity contribution in [1.82, 2.24) is 0 Å². The molecule has 1 aromatic rings. The SMILES string of the molecule is Cc1cc(OCOC(C)C)cc(OCOC(C)C)c1. The largest absolute Gasteiger partial charge is 0.467 e. The molecule has 1 rings (SSSR count). The van der Waals surface area contributed by atoms with Crippen molar-refractivity contribution in [2.75, 3.05) is 13.6 Å². The number of benzene rings is 1. The number of hydrogen-bond acceptors (Lipinski definition) is 4. The normalized spacial score (nSPS) is 11.1. The molecule has 0 heterocycles. The molecule has 0 saturated heterocycles. The molecule has 19 heavy (non-hydrogen) atoms. The fourth-order valence-corrected chi connectivity index (χ4v) is 1.36. The third-order valence-corrected chi connectivity index (χ3v) is 2.28. The van der Waals surface area contributed by atoms with Crippen LogP contribution in [-0.4, -0.2) is 25.8 Å². The summed E-state index contributed by atoms with van der Waals surface area (Å²) in [4.78, 5) is 0. The molecule has 0 fully saturated rings. The van der Waals surface area contributed by atoms with Gasteiger partial charge in [-0.3, -0.25) is 0 Å². The van der Waals surface area contributed by atoms with Crippen LogP contribution in [0, 0.1) is 6.92 Å². The molecule has 108 valence electrons. The highest BCUT2D eigenvalue weighted by Gasteiger charge is 2.02. The van der Waals surface area contributed by atoms with Gasteiger partial charge < -0.3 is 18.9 Å². The zero-order valence-electron chi connectivity index (χ0n) is 12.4. The van der Waals surface area contributed by atoms with Gasteiger partial charge in [-0.1, -0.05) is 0 Å². The number of aryl methyl sites for hydroxylation is 1. The Hall–Kier alpha value is -1.26. The fourth-order valence-electron chi connectivity index (χ4n) is 1.36. The van der Waals surface area contributed by atoms with Gasteiger partial charge in [0.15, 0.2) is 13.6 Å². The van der Waals surface area contributed by atoms with Crippen LogP contribution in [0.15, 0.2) is 18.2 Å². The molecule has 0 amide bonds. The molecule has 4 nitrogen and oxygen atoms in total. The molecule has 0 unspecified atom stereocenters. The zero-order valence-corrected chi connectivity index (χ0v) is 12.4. The Labute approximate surface area is 115 Å². The molecule has 0 N–H and O–H groups in total. The molecular weight excluding hydrogens is 244 g/mol. The number of hydrogen-bond donors (Lipinski definition) is 0. The summed E-state index contributed by atoms with van der Waals surface area (Å²) in [5.41, 5.74) is 1.07. The van der Waals surface area contributed by atoms with Gasteiger partial charge in [-0.25, -0.2) is 0 Å². The molecular formula is C15H24O4. The Morgan fingerprint density at radius 1 is 0.789 bits per heavy atom. The minimum absolute atomic E-state index is 0.153. The summed E-state index contributed by atoms with van der Waals surface area (Å²) in [5, 5.41) is 0. The summed E-state index contributed by atoms with van der Waals surface area (Å²) in [7, 11) is 0. The van der Waals surface area contributed by atoms with Gasteiger partial charge in [0.2, 0.25) is 0 Å². The van der Waals surface area contributed by atoms with E-state index in [9.17, 15) is 0 Å². The van der Waals surface area contributed by atoms with Crippen LogP contribution in [0.3, 0.4) is 0 Å². The average molecular weight is 268 g/mol. The quantitative estimate of drug-likeness (QED) is 0.676. The van der Waals surface area contributed by atoms with Crippen LogP contribution in [0.4, 0.5) is 0 Å². The smallest absolute Gasteiger partial charge is 0.189 e. The Morgan fingerprint density at radius 2 is 1.21 bits per heavy atom. The minimum Gasteiger partial charge on any atom is -0.467 e. The van der Waals surface area contributed by atoms with Crippen molar-refractivity contribution >= 4 is 0 Å². The summed E-state index contributed by atoms with van der Waals surface area (Å²) in [6.45, 7) is 10.3. The Morgan fingerprint density at radius 3 is 1.58 bits per heavy atom. The second-order valence-electron chi connectivity index (χ2n) is 4.94. The van der Waals surface area contributed by atoms with E-state index >= 15 is 0 Å². The molecule has 0 aliphatic rings. The van der Waals surface area contributed by atoms with Crippen LogP contribution in [0.25, 0.3) is 0 Å². The Bertz CT molecular complexity index is 342. The lowest BCUT2D eigenvalue weighted by atomic mass is 10.2. The first kappa shape index (κ1) is 15.8. The number of ether oxygens (including phenoxy) is 4. The van der Waals surface area contributed by atoms with Gasteiger partial charge in [-0.05, 0) is 52.3 Å². The standard InChI is InChI=1S/C15H24O4/c1-11(2)16-9-18-14-6-13(5)7-15(8-14)19-10-17-12(3)4/h6-8,11-12H,9-10H2,1-5H3.